The van der Waals surface area contributed by atoms with Crippen molar-refractivity contribution in [2.45, 2.75) is 77.4 Å². The van der Waals surface area contributed by atoms with Crippen LogP contribution in [0.4, 0.5) is 0 Å². The van der Waals surface area contributed by atoms with Gasteiger partial charge in [0.25, 0.3) is 0 Å². The molecule has 0 aromatic heterocycles. The Bertz CT molecular complexity index is 923. The topological polar surface area (TPSA) is 64.6 Å². The van der Waals surface area contributed by atoms with Crippen molar-refractivity contribution in [3.8, 4) is 0 Å². The molecule has 2 aromatic carbocycles. The number of hydrogen-bond donors (Lipinski definition) is 0. The Morgan fingerprint density at radius 1 is 0.537 bits per heavy atom. The van der Waals surface area contributed by atoms with Crippen LogP contribution in [0.3, 0.4) is 0 Å². The normalized spacial score (nSPS) is 14.0. The molecule has 228 valence electrons. The van der Waals surface area contributed by atoms with Gasteiger partial charge >= 0.3 is 0 Å². The highest BCUT2D eigenvalue weighted by Crippen LogP contribution is 2.33. The van der Waals surface area contributed by atoms with Crippen LogP contribution in [0, 0.1) is 0 Å². The highest BCUT2D eigenvalue weighted by molar-refractivity contribution is 5.26. The molecule has 2 atom stereocenters. The average molecular weight is 571 g/mol. The number of hydrogen-bond acceptors (Lipinski definition) is 7. The van der Waals surface area contributed by atoms with E-state index in [4.69, 9.17) is 33.2 Å². The minimum atomic E-state index is -0.490. The van der Waals surface area contributed by atoms with Crippen LogP contribution in [0.5, 0.6) is 0 Å². The number of methoxy groups -OCH3 is 4. The fraction of sp³-hybridized carbons (Fsp3) is 0.529. The Labute approximate surface area is 247 Å². The molecule has 7 heteroatoms. The van der Waals surface area contributed by atoms with Gasteiger partial charge in [-0.3, -0.25) is 0 Å². The Kier molecular flexibility index (Phi) is 17.4. The second-order valence-corrected chi connectivity index (χ2v) is 9.66. The van der Waals surface area contributed by atoms with E-state index in [1.807, 2.05) is 60.7 Å². The summed E-state index contributed by atoms with van der Waals surface area (Å²) in [7, 11) is 6.64. The van der Waals surface area contributed by atoms with Crippen LogP contribution in [-0.2, 0) is 33.2 Å². The lowest BCUT2D eigenvalue weighted by atomic mass is 10.0. The van der Waals surface area contributed by atoms with Crippen molar-refractivity contribution in [1.82, 2.24) is 0 Å². The van der Waals surface area contributed by atoms with Crippen LogP contribution in [0.15, 0.2) is 83.7 Å². The third kappa shape index (κ3) is 11.4. The lowest BCUT2D eigenvalue weighted by molar-refractivity contribution is -0.166. The molecule has 0 saturated carbocycles. The van der Waals surface area contributed by atoms with Crippen LogP contribution in [-0.4, -0.2) is 42.0 Å². The van der Waals surface area contributed by atoms with E-state index in [-0.39, 0.29) is 13.6 Å². The molecule has 0 aliphatic heterocycles. The Morgan fingerprint density at radius 2 is 0.927 bits per heavy atom. The number of allylic oxidation sites excluding steroid dienone is 2. The molecule has 0 amide bonds. The van der Waals surface area contributed by atoms with E-state index in [0.29, 0.717) is 11.5 Å². The zero-order valence-corrected chi connectivity index (χ0v) is 25.9. The molecule has 2 unspecified atom stereocenters. The molecule has 0 fully saturated rings. The molecule has 0 aliphatic rings. The highest BCUT2D eigenvalue weighted by atomic mass is 16.7. The molecule has 0 radical (unpaired) electrons. The summed E-state index contributed by atoms with van der Waals surface area (Å²) in [6, 6.07) is 19.9. The monoisotopic (exact) mass is 570 g/mol. The summed E-state index contributed by atoms with van der Waals surface area (Å²) in [5, 5.41) is 0. The van der Waals surface area contributed by atoms with Gasteiger partial charge in [-0.2, -0.15) is 0 Å². The van der Waals surface area contributed by atoms with Gasteiger partial charge in [-0.25, -0.2) is 0 Å². The van der Waals surface area contributed by atoms with Crippen molar-refractivity contribution in [2.75, 3.05) is 42.0 Å². The first-order valence-corrected chi connectivity index (χ1v) is 14.7. The molecular weight excluding hydrogens is 520 g/mol. The van der Waals surface area contributed by atoms with Gasteiger partial charge in [0, 0.05) is 12.8 Å². The molecule has 0 bridgehead atoms. The van der Waals surface area contributed by atoms with Gasteiger partial charge < -0.3 is 33.2 Å². The molecule has 0 N–H and O–H groups in total. The first kappa shape index (κ1) is 34.2. The van der Waals surface area contributed by atoms with Gasteiger partial charge in [-0.1, -0.05) is 100 Å². The first-order chi connectivity index (χ1) is 20.1. The fourth-order valence-corrected chi connectivity index (χ4v) is 4.63. The minimum Gasteiger partial charge on any atom is -0.497 e. The second-order valence-electron chi connectivity index (χ2n) is 9.66. The molecule has 2 rings (SSSR count). The molecule has 0 spiro atoms. The summed E-state index contributed by atoms with van der Waals surface area (Å²) in [4.78, 5) is 0. The standard InChI is InChI=1S/C34H50O7/c1-7-9-13-23-29(35-3)33(37-5)31(27-19-15-11-16-20-27)40-25-39-26-41-32(28-21-17-12-18-22-28)34(38-6)30(36-4)24-14-10-8-2/h11-12,15-22,31-32H,7-10,13-14,23-26H2,1-6H3. The van der Waals surface area contributed by atoms with Crippen molar-refractivity contribution in [1.29, 1.82) is 0 Å². The quantitative estimate of drug-likeness (QED) is 0.0798. The van der Waals surface area contributed by atoms with Crippen molar-refractivity contribution in [2.24, 2.45) is 0 Å². The average Bonchev–Trinajstić information content (AvgIpc) is 3.02. The van der Waals surface area contributed by atoms with E-state index in [1.54, 1.807) is 28.4 Å². The van der Waals surface area contributed by atoms with E-state index in [2.05, 4.69) is 13.8 Å². The van der Waals surface area contributed by atoms with Crippen LogP contribution in [0.1, 0.15) is 88.5 Å². The predicted octanol–water partition coefficient (Wildman–Crippen LogP) is 8.60. The third-order valence-corrected chi connectivity index (χ3v) is 6.81. The van der Waals surface area contributed by atoms with Crippen LogP contribution < -0.4 is 0 Å². The number of ether oxygens (including phenoxy) is 7. The summed E-state index contributed by atoms with van der Waals surface area (Å²) in [5.74, 6) is 2.84. The molecule has 0 heterocycles. The lowest BCUT2D eigenvalue weighted by Crippen LogP contribution is -2.17. The lowest BCUT2D eigenvalue weighted by Gasteiger charge is -2.25. The van der Waals surface area contributed by atoms with Crippen LogP contribution in [0.25, 0.3) is 0 Å². The second kappa shape index (κ2) is 20.8. The Balaban J connectivity index is 2.18. The molecule has 0 saturated heterocycles. The first-order valence-electron chi connectivity index (χ1n) is 14.7. The van der Waals surface area contributed by atoms with Crippen molar-refractivity contribution >= 4 is 0 Å². The maximum absolute atomic E-state index is 6.25. The van der Waals surface area contributed by atoms with Gasteiger partial charge in [-0.15, -0.1) is 0 Å². The highest BCUT2D eigenvalue weighted by Gasteiger charge is 2.25. The van der Waals surface area contributed by atoms with E-state index in [9.17, 15) is 0 Å². The van der Waals surface area contributed by atoms with Crippen LogP contribution in [0.2, 0.25) is 0 Å². The van der Waals surface area contributed by atoms with Gasteiger partial charge in [0.2, 0.25) is 0 Å². The SMILES string of the molecule is CCCCCC(OC)=C(OC)C(OCOCOC(C(OC)=C(CCCCC)OC)c1ccccc1)c1ccccc1. The Hall–Kier alpha value is -3.00. The number of rotatable bonds is 22. The molecule has 41 heavy (non-hydrogen) atoms. The van der Waals surface area contributed by atoms with E-state index < -0.39 is 12.2 Å². The molecular formula is C34H50O7. The molecule has 0 aliphatic carbocycles. The smallest absolute Gasteiger partial charge is 0.166 e. The zero-order valence-electron chi connectivity index (χ0n) is 25.9. The van der Waals surface area contributed by atoms with Gasteiger partial charge in [-0.05, 0) is 24.0 Å². The van der Waals surface area contributed by atoms with Crippen molar-refractivity contribution in [3.05, 3.63) is 94.8 Å². The number of unbranched alkanes of at least 4 members (excludes halogenated alkanes) is 4. The summed E-state index contributed by atoms with van der Waals surface area (Å²) in [6.45, 7) is 4.33. The van der Waals surface area contributed by atoms with Crippen molar-refractivity contribution < 1.29 is 33.2 Å². The largest absolute Gasteiger partial charge is 0.497 e. The predicted molar refractivity (Wildman–Crippen MR) is 162 cm³/mol. The summed E-state index contributed by atoms with van der Waals surface area (Å²) in [6.07, 6.45) is 7.07. The minimum absolute atomic E-state index is 0.0143. The van der Waals surface area contributed by atoms with E-state index in [0.717, 1.165) is 74.0 Å². The van der Waals surface area contributed by atoms with Crippen LogP contribution >= 0.6 is 0 Å². The Morgan fingerprint density at radius 3 is 1.24 bits per heavy atom. The van der Waals surface area contributed by atoms with Crippen molar-refractivity contribution in [3.63, 3.8) is 0 Å². The van der Waals surface area contributed by atoms with Gasteiger partial charge in [0.05, 0.1) is 28.4 Å². The molecule has 7 nitrogen and oxygen atoms in total. The summed E-state index contributed by atoms with van der Waals surface area (Å²) < 4.78 is 41.5. The van der Waals surface area contributed by atoms with E-state index >= 15 is 0 Å². The third-order valence-electron chi connectivity index (χ3n) is 6.81. The van der Waals surface area contributed by atoms with Gasteiger partial charge in [0.1, 0.15) is 23.7 Å². The van der Waals surface area contributed by atoms with E-state index in [1.165, 1.54) is 0 Å². The fourth-order valence-electron chi connectivity index (χ4n) is 4.63. The van der Waals surface area contributed by atoms with Gasteiger partial charge in [0.15, 0.2) is 25.1 Å². The zero-order chi connectivity index (χ0) is 29.7. The molecule has 2 aromatic rings. The maximum atomic E-state index is 6.25. The summed E-state index contributed by atoms with van der Waals surface area (Å²) in [5.41, 5.74) is 1.89. The summed E-state index contributed by atoms with van der Waals surface area (Å²) >= 11 is 0. The number of benzene rings is 2. The maximum Gasteiger partial charge on any atom is 0.166 e.